The minimum absolute atomic E-state index is 0.259. The van der Waals surface area contributed by atoms with Gasteiger partial charge in [-0.05, 0) is 56.9 Å². The maximum absolute atomic E-state index is 6.06. The van der Waals surface area contributed by atoms with Gasteiger partial charge in [-0.3, -0.25) is 0 Å². The summed E-state index contributed by atoms with van der Waals surface area (Å²) >= 11 is 0. The smallest absolute Gasteiger partial charge is 0.0637 e. The summed E-state index contributed by atoms with van der Waals surface area (Å²) in [6.45, 7) is 10.4. The van der Waals surface area contributed by atoms with E-state index in [1.54, 1.807) is 7.11 Å². The van der Waals surface area contributed by atoms with Crippen molar-refractivity contribution in [3.63, 3.8) is 0 Å². The first-order valence-electron chi connectivity index (χ1n) is 7.60. The van der Waals surface area contributed by atoms with Gasteiger partial charge in [-0.15, -0.1) is 0 Å². The predicted octanol–water partition coefficient (Wildman–Crippen LogP) is 3.14. The Kier molecular flexibility index (Phi) is 7.03. The van der Waals surface area contributed by atoms with Crippen LogP contribution >= 0.6 is 0 Å². The third-order valence-corrected chi connectivity index (χ3v) is 3.82. The molecule has 0 aliphatic rings. The highest BCUT2D eigenvalue weighted by molar-refractivity contribution is 5.51. The molecule has 114 valence electrons. The number of rotatable bonds is 8. The average Bonchev–Trinajstić information content (AvgIpc) is 2.41. The van der Waals surface area contributed by atoms with Gasteiger partial charge in [0.25, 0.3) is 0 Å². The van der Waals surface area contributed by atoms with Crippen LogP contribution in [0.1, 0.15) is 38.3 Å². The molecule has 0 saturated heterocycles. The second-order valence-electron chi connectivity index (χ2n) is 5.76. The summed E-state index contributed by atoms with van der Waals surface area (Å²) in [5, 5.41) is 0. The molecule has 0 fully saturated rings. The normalized spacial score (nSPS) is 12.8. The van der Waals surface area contributed by atoms with Crippen LogP contribution in [0.25, 0.3) is 0 Å². The maximum Gasteiger partial charge on any atom is 0.0637 e. The highest BCUT2D eigenvalue weighted by atomic mass is 16.5. The van der Waals surface area contributed by atoms with Crippen LogP contribution in [0.2, 0.25) is 0 Å². The first-order valence-corrected chi connectivity index (χ1v) is 7.60. The van der Waals surface area contributed by atoms with Gasteiger partial charge >= 0.3 is 0 Å². The minimum atomic E-state index is 0.259. The first-order chi connectivity index (χ1) is 9.49. The molecule has 1 aromatic carbocycles. The van der Waals surface area contributed by atoms with Gasteiger partial charge in [0.1, 0.15) is 0 Å². The number of hydrogen-bond acceptors (Lipinski definition) is 3. The average molecular weight is 278 g/mol. The van der Waals surface area contributed by atoms with Crippen LogP contribution in [0.5, 0.6) is 0 Å². The number of nitrogens with zero attached hydrogens (tertiary/aromatic N) is 1. The van der Waals surface area contributed by atoms with Gasteiger partial charge in [-0.2, -0.15) is 0 Å². The molecule has 0 spiro atoms. The summed E-state index contributed by atoms with van der Waals surface area (Å²) in [4.78, 5) is 2.38. The standard InChI is InChI=1S/C17H30N2O/c1-6-16(18)12-15-7-8-17(11-14(15)4)19(13(2)3)9-10-20-5/h7-8,11,13,16H,6,9-10,12,18H2,1-5H3. The lowest BCUT2D eigenvalue weighted by molar-refractivity contribution is 0.204. The van der Waals surface area contributed by atoms with Gasteiger partial charge in [0.2, 0.25) is 0 Å². The number of methoxy groups -OCH3 is 1. The van der Waals surface area contributed by atoms with Gasteiger partial charge in [0.05, 0.1) is 6.61 Å². The molecular weight excluding hydrogens is 248 g/mol. The lowest BCUT2D eigenvalue weighted by Crippen LogP contribution is -2.33. The topological polar surface area (TPSA) is 38.5 Å². The van der Waals surface area contributed by atoms with Gasteiger partial charge in [-0.1, -0.05) is 13.0 Å². The van der Waals surface area contributed by atoms with Gasteiger partial charge in [-0.25, -0.2) is 0 Å². The van der Waals surface area contributed by atoms with E-state index in [4.69, 9.17) is 10.5 Å². The van der Waals surface area contributed by atoms with Crippen molar-refractivity contribution in [1.29, 1.82) is 0 Å². The molecule has 3 nitrogen and oxygen atoms in total. The summed E-state index contributed by atoms with van der Waals surface area (Å²) in [5.41, 5.74) is 10.0. The zero-order valence-corrected chi connectivity index (χ0v) is 13.6. The van der Waals surface area contributed by atoms with Crippen molar-refractivity contribution in [2.75, 3.05) is 25.2 Å². The molecule has 0 radical (unpaired) electrons. The second kappa shape index (κ2) is 8.28. The molecule has 0 bridgehead atoms. The Bertz CT molecular complexity index is 404. The summed E-state index contributed by atoms with van der Waals surface area (Å²) in [6.07, 6.45) is 1.98. The van der Waals surface area contributed by atoms with Gasteiger partial charge < -0.3 is 15.4 Å². The largest absolute Gasteiger partial charge is 0.383 e. The van der Waals surface area contributed by atoms with Crippen molar-refractivity contribution < 1.29 is 4.74 Å². The Balaban J connectivity index is 2.88. The van der Waals surface area contributed by atoms with Crippen molar-refractivity contribution in [3.8, 4) is 0 Å². The van der Waals surface area contributed by atoms with Crippen molar-refractivity contribution in [1.82, 2.24) is 0 Å². The van der Waals surface area contributed by atoms with E-state index in [2.05, 4.69) is 50.8 Å². The molecule has 0 saturated carbocycles. The summed E-state index contributed by atoms with van der Waals surface area (Å²) < 4.78 is 5.21. The zero-order valence-electron chi connectivity index (χ0n) is 13.6. The van der Waals surface area contributed by atoms with Crippen LogP contribution in [0.4, 0.5) is 5.69 Å². The SMILES string of the molecule is CCC(N)Cc1ccc(N(CCOC)C(C)C)cc1C. The fraction of sp³-hybridized carbons (Fsp3) is 0.647. The molecule has 2 N–H and O–H groups in total. The second-order valence-corrected chi connectivity index (χ2v) is 5.76. The van der Waals surface area contributed by atoms with Crippen LogP contribution in [-0.2, 0) is 11.2 Å². The number of ether oxygens (including phenoxy) is 1. The Morgan fingerprint density at radius 1 is 1.30 bits per heavy atom. The first kappa shape index (κ1) is 17.0. The Morgan fingerprint density at radius 3 is 2.50 bits per heavy atom. The lowest BCUT2D eigenvalue weighted by atomic mass is 9.99. The third kappa shape index (κ3) is 4.80. The molecular formula is C17H30N2O. The fourth-order valence-electron chi connectivity index (χ4n) is 2.39. The van der Waals surface area contributed by atoms with Gasteiger partial charge in [0, 0.05) is 31.4 Å². The van der Waals surface area contributed by atoms with E-state index in [0.29, 0.717) is 6.04 Å². The molecule has 0 aliphatic heterocycles. The van der Waals surface area contributed by atoms with E-state index in [-0.39, 0.29) is 6.04 Å². The van der Waals surface area contributed by atoms with E-state index < -0.39 is 0 Å². The van der Waals surface area contributed by atoms with Crippen molar-refractivity contribution >= 4 is 5.69 Å². The van der Waals surface area contributed by atoms with Crippen LogP contribution in [0.3, 0.4) is 0 Å². The van der Waals surface area contributed by atoms with Gasteiger partial charge in [0.15, 0.2) is 0 Å². The number of hydrogen-bond donors (Lipinski definition) is 1. The summed E-state index contributed by atoms with van der Waals surface area (Å²) in [6, 6.07) is 7.43. The van der Waals surface area contributed by atoms with E-state index in [0.717, 1.165) is 26.0 Å². The molecule has 0 aromatic heterocycles. The van der Waals surface area contributed by atoms with Crippen molar-refractivity contribution in [2.45, 2.75) is 52.6 Å². The Hall–Kier alpha value is -1.06. The number of benzene rings is 1. The van der Waals surface area contributed by atoms with E-state index in [1.807, 2.05) is 0 Å². The Morgan fingerprint density at radius 2 is 2.00 bits per heavy atom. The molecule has 0 aliphatic carbocycles. The molecule has 0 amide bonds. The van der Waals surface area contributed by atoms with Crippen molar-refractivity contribution in [3.05, 3.63) is 29.3 Å². The van der Waals surface area contributed by atoms with E-state index in [9.17, 15) is 0 Å². The quantitative estimate of drug-likeness (QED) is 0.794. The zero-order chi connectivity index (χ0) is 15.1. The van der Waals surface area contributed by atoms with Crippen LogP contribution in [-0.4, -0.2) is 32.3 Å². The summed E-state index contributed by atoms with van der Waals surface area (Å²) in [7, 11) is 1.75. The number of anilines is 1. The Labute approximate surface area is 124 Å². The predicted molar refractivity (Wildman–Crippen MR) is 87.5 cm³/mol. The molecule has 0 heterocycles. The monoisotopic (exact) mass is 278 g/mol. The molecule has 1 rings (SSSR count). The number of nitrogens with two attached hydrogens (primary N) is 1. The fourth-order valence-corrected chi connectivity index (χ4v) is 2.39. The molecule has 1 unspecified atom stereocenters. The molecule has 20 heavy (non-hydrogen) atoms. The lowest BCUT2D eigenvalue weighted by Gasteiger charge is -2.29. The van der Waals surface area contributed by atoms with Crippen LogP contribution in [0.15, 0.2) is 18.2 Å². The van der Waals surface area contributed by atoms with E-state index >= 15 is 0 Å². The van der Waals surface area contributed by atoms with Crippen LogP contribution in [0, 0.1) is 6.92 Å². The molecule has 1 atom stereocenters. The van der Waals surface area contributed by atoms with Crippen LogP contribution < -0.4 is 10.6 Å². The minimum Gasteiger partial charge on any atom is -0.383 e. The summed E-state index contributed by atoms with van der Waals surface area (Å²) in [5.74, 6) is 0. The molecule has 1 aromatic rings. The molecule has 3 heteroatoms. The highest BCUT2D eigenvalue weighted by Crippen LogP contribution is 2.22. The van der Waals surface area contributed by atoms with Crippen molar-refractivity contribution in [2.24, 2.45) is 5.73 Å². The maximum atomic E-state index is 6.06. The highest BCUT2D eigenvalue weighted by Gasteiger charge is 2.12. The number of aryl methyl sites for hydroxylation is 1. The third-order valence-electron chi connectivity index (χ3n) is 3.82. The van der Waals surface area contributed by atoms with E-state index in [1.165, 1.54) is 16.8 Å².